The van der Waals surface area contributed by atoms with Crippen molar-refractivity contribution >= 4 is 0 Å². The van der Waals surface area contributed by atoms with Crippen molar-refractivity contribution in [2.45, 2.75) is 32.1 Å². The Morgan fingerprint density at radius 1 is 0.571 bits per heavy atom. The summed E-state index contributed by atoms with van der Waals surface area (Å²) in [6.45, 7) is 0. The standard InChI is InChI=1S/C19H18N2/c20-13-1-3-16-5-9-18(10-6-16)15-19-11-7-17(8-12-19)4-2-14-21/h5-12H,1-4,15H2. The van der Waals surface area contributed by atoms with E-state index < -0.39 is 0 Å². The lowest BCUT2D eigenvalue weighted by atomic mass is 10.0. The molecule has 0 atom stereocenters. The summed E-state index contributed by atoms with van der Waals surface area (Å²) in [5, 5.41) is 17.2. The molecule has 2 rings (SSSR count). The average Bonchev–Trinajstić information content (AvgIpc) is 2.53. The summed E-state index contributed by atoms with van der Waals surface area (Å²) in [7, 11) is 0. The van der Waals surface area contributed by atoms with E-state index >= 15 is 0 Å². The van der Waals surface area contributed by atoms with Crippen LogP contribution in [-0.4, -0.2) is 0 Å². The second-order valence-corrected chi connectivity index (χ2v) is 5.13. The quantitative estimate of drug-likeness (QED) is 0.793. The van der Waals surface area contributed by atoms with Gasteiger partial charge in [-0.15, -0.1) is 0 Å². The van der Waals surface area contributed by atoms with Crippen molar-refractivity contribution in [2.75, 3.05) is 0 Å². The van der Waals surface area contributed by atoms with Gasteiger partial charge in [0.1, 0.15) is 0 Å². The van der Waals surface area contributed by atoms with Gasteiger partial charge in [0.15, 0.2) is 0 Å². The second kappa shape index (κ2) is 7.88. The largest absolute Gasteiger partial charge is 0.198 e. The van der Waals surface area contributed by atoms with Gasteiger partial charge >= 0.3 is 0 Å². The summed E-state index contributed by atoms with van der Waals surface area (Å²) < 4.78 is 0. The summed E-state index contributed by atoms with van der Waals surface area (Å²) in [6, 6.07) is 21.3. The minimum Gasteiger partial charge on any atom is -0.198 e. The van der Waals surface area contributed by atoms with Crippen molar-refractivity contribution in [1.29, 1.82) is 10.5 Å². The van der Waals surface area contributed by atoms with Crippen LogP contribution in [0.15, 0.2) is 48.5 Å². The summed E-state index contributed by atoms with van der Waals surface area (Å²) in [5.41, 5.74) is 4.99. The van der Waals surface area contributed by atoms with Crippen molar-refractivity contribution in [3.05, 3.63) is 70.8 Å². The van der Waals surface area contributed by atoms with Crippen LogP contribution in [0.2, 0.25) is 0 Å². The first-order valence-corrected chi connectivity index (χ1v) is 7.21. The molecule has 0 aliphatic carbocycles. The van der Waals surface area contributed by atoms with Crippen LogP contribution in [0.3, 0.4) is 0 Å². The molecule has 2 heteroatoms. The molecule has 0 spiro atoms. The van der Waals surface area contributed by atoms with Gasteiger partial charge in [-0.3, -0.25) is 0 Å². The van der Waals surface area contributed by atoms with Crippen LogP contribution in [-0.2, 0) is 19.3 Å². The summed E-state index contributed by atoms with van der Waals surface area (Å²) >= 11 is 0. The van der Waals surface area contributed by atoms with Crippen LogP contribution in [0, 0.1) is 22.7 Å². The summed E-state index contributed by atoms with van der Waals surface area (Å²) in [5.74, 6) is 0. The predicted molar refractivity (Wildman–Crippen MR) is 83.6 cm³/mol. The van der Waals surface area contributed by atoms with E-state index in [1.54, 1.807) is 0 Å². The zero-order valence-electron chi connectivity index (χ0n) is 12.0. The van der Waals surface area contributed by atoms with Gasteiger partial charge < -0.3 is 0 Å². The molecule has 104 valence electrons. The molecule has 0 heterocycles. The van der Waals surface area contributed by atoms with Gasteiger partial charge in [0.25, 0.3) is 0 Å². The number of aryl methyl sites for hydroxylation is 2. The molecule has 0 aliphatic rings. The Labute approximate surface area is 126 Å². The minimum atomic E-state index is 0.573. The smallest absolute Gasteiger partial charge is 0.0625 e. The van der Waals surface area contributed by atoms with E-state index in [0.717, 1.165) is 19.3 Å². The molecule has 0 saturated heterocycles. The number of nitriles is 2. The highest BCUT2D eigenvalue weighted by Crippen LogP contribution is 2.13. The number of rotatable bonds is 6. The molecule has 0 radical (unpaired) electrons. The molecule has 21 heavy (non-hydrogen) atoms. The Hall–Kier alpha value is -2.58. The molecule has 0 aliphatic heterocycles. The van der Waals surface area contributed by atoms with Crippen LogP contribution in [0.25, 0.3) is 0 Å². The Morgan fingerprint density at radius 3 is 1.24 bits per heavy atom. The van der Waals surface area contributed by atoms with Crippen LogP contribution in [0.5, 0.6) is 0 Å². The van der Waals surface area contributed by atoms with Crippen LogP contribution in [0.1, 0.15) is 35.1 Å². The minimum absolute atomic E-state index is 0.573. The van der Waals surface area contributed by atoms with Gasteiger partial charge in [0, 0.05) is 12.8 Å². The molecule has 0 fully saturated rings. The van der Waals surface area contributed by atoms with Crippen molar-refractivity contribution in [3.63, 3.8) is 0 Å². The molecular formula is C19H18N2. The maximum Gasteiger partial charge on any atom is 0.0625 e. The average molecular weight is 274 g/mol. The maximum absolute atomic E-state index is 8.59. The SMILES string of the molecule is N#CCCc1ccc(Cc2ccc(CCC#N)cc2)cc1. The van der Waals surface area contributed by atoms with Gasteiger partial charge in [-0.2, -0.15) is 10.5 Å². The molecule has 2 aromatic carbocycles. The highest BCUT2D eigenvalue weighted by atomic mass is 14.2. The predicted octanol–water partition coefficient (Wildman–Crippen LogP) is 4.19. The van der Waals surface area contributed by atoms with Crippen LogP contribution >= 0.6 is 0 Å². The first kappa shape index (κ1) is 14.8. The van der Waals surface area contributed by atoms with Gasteiger partial charge in [-0.1, -0.05) is 48.5 Å². The highest BCUT2D eigenvalue weighted by molar-refractivity contribution is 5.30. The first-order valence-electron chi connectivity index (χ1n) is 7.21. The number of hydrogen-bond acceptors (Lipinski definition) is 2. The molecule has 0 saturated carbocycles. The summed E-state index contributed by atoms with van der Waals surface area (Å²) in [4.78, 5) is 0. The topological polar surface area (TPSA) is 47.6 Å². The third-order valence-corrected chi connectivity index (χ3v) is 3.51. The van der Waals surface area contributed by atoms with Crippen molar-refractivity contribution < 1.29 is 0 Å². The van der Waals surface area contributed by atoms with Gasteiger partial charge in [0.2, 0.25) is 0 Å². The lowest BCUT2D eigenvalue weighted by Gasteiger charge is -2.05. The fourth-order valence-electron chi connectivity index (χ4n) is 2.28. The third-order valence-electron chi connectivity index (χ3n) is 3.51. The zero-order chi connectivity index (χ0) is 14.9. The monoisotopic (exact) mass is 274 g/mol. The fraction of sp³-hybridized carbons (Fsp3) is 0.263. The van der Waals surface area contributed by atoms with E-state index in [1.165, 1.54) is 22.3 Å². The van der Waals surface area contributed by atoms with Gasteiger partial charge in [-0.05, 0) is 41.5 Å². The second-order valence-electron chi connectivity index (χ2n) is 5.13. The molecule has 0 unspecified atom stereocenters. The van der Waals surface area contributed by atoms with E-state index in [4.69, 9.17) is 10.5 Å². The molecule has 0 bridgehead atoms. The van der Waals surface area contributed by atoms with E-state index in [9.17, 15) is 0 Å². The van der Waals surface area contributed by atoms with E-state index in [1.807, 2.05) is 0 Å². The lowest BCUT2D eigenvalue weighted by Crippen LogP contribution is -1.91. The van der Waals surface area contributed by atoms with E-state index in [0.29, 0.717) is 12.8 Å². The number of nitrogens with zero attached hydrogens (tertiary/aromatic N) is 2. The Morgan fingerprint density at radius 2 is 0.905 bits per heavy atom. The first-order chi connectivity index (χ1) is 10.3. The molecule has 2 nitrogen and oxygen atoms in total. The Bertz CT molecular complexity index is 580. The third kappa shape index (κ3) is 4.79. The van der Waals surface area contributed by atoms with Gasteiger partial charge in [-0.25, -0.2) is 0 Å². The van der Waals surface area contributed by atoms with Crippen LogP contribution in [0.4, 0.5) is 0 Å². The summed E-state index contributed by atoms with van der Waals surface area (Å²) in [6.07, 6.45) is 3.71. The molecule has 0 N–H and O–H groups in total. The molecule has 0 aromatic heterocycles. The zero-order valence-corrected chi connectivity index (χ0v) is 12.0. The molecular weight excluding hydrogens is 256 g/mol. The normalized spacial score (nSPS) is 9.81. The lowest BCUT2D eigenvalue weighted by molar-refractivity contribution is 1.00. The maximum atomic E-state index is 8.59. The number of benzene rings is 2. The molecule has 0 amide bonds. The Balaban J connectivity index is 1.95. The van der Waals surface area contributed by atoms with Crippen molar-refractivity contribution in [2.24, 2.45) is 0 Å². The van der Waals surface area contributed by atoms with Crippen molar-refractivity contribution in [1.82, 2.24) is 0 Å². The van der Waals surface area contributed by atoms with Gasteiger partial charge in [0.05, 0.1) is 12.1 Å². The fourth-order valence-corrected chi connectivity index (χ4v) is 2.28. The Kier molecular flexibility index (Phi) is 5.56. The van der Waals surface area contributed by atoms with E-state index in [-0.39, 0.29) is 0 Å². The number of hydrogen-bond donors (Lipinski definition) is 0. The van der Waals surface area contributed by atoms with E-state index in [2.05, 4.69) is 60.7 Å². The van der Waals surface area contributed by atoms with Crippen LogP contribution < -0.4 is 0 Å². The van der Waals surface area contributed by atoms with Crippen molar-refractivity contribution in [3.8, 4) is 12.1 Å². The highest BCUT2D eigenvalue weighted by Gasteiger charge is 1.99. The molecule has 2 aromatic rings.